The molecular formula is C28H30Cl3N3O4S. The van der Waals surface area contributed by atoms with E-state index in [0.717, 1.165) is 16.3 Å². The maximum Gasteiger partial charge on any atom is 0.264 e. The van der Waals surface area contributed by atoms with Gasteiger partial charge in [-0.1, -0.05) is 77.6 Å². The van der Waals surface area contributed by atoms with Crippen molar-refractivity contribution >= 4 is 62.3 Å². The number of anilines is 1. The van der Waals surface area contributed by atoms with E-state index in [1.54, 1.807) is 49.4 Å². The van der Waals surface area contributed by atoms with Crippen molar-refractivity contribution in [2.45, 2.75) is 44.7 Å². The number of sulfonamides is 1. The SMILES string of the molecule is CCCNC(=O)C(C)N(Cc1cccc(Cl)c1)C(=O)CN(c1cccc(Cl)c1Cl)S(=O)(=O)c1ccc(C)cc1. The van der Waals surface area contributed by atoms with E-state index < -0.39 is 28.5 Å². The van der Waals surface area contributed by atoms with Gasteiger partial charge in [-0.05, 0) is 62.2 Å². The molecular weight excluding hydrogens is 581 g/mol. The molecule has 7 nitrogen and oxygen atoms in total. The van der Waals surface area contributed by atoms with Gasteiger partial charge in [0.25, 0.3) is 10.0 Å². The van der Waals surface area contributed by atoms with E-state index in [0.29, 0.717) is 17.1 Å². The fraction of sp³-hybridized carbons (Fsp3) is 0.286. The van der Waals surface area contributed by atoms with Gasteiger partial charge in [-0.2, -0.15) is 0 Å². The number of carbonyl (C=O) groups excluding carboxylic acids is 2. The molecule has 0 spiro atoms. The summed E-state index contributed by atoms with van der Waals surface area (Å²) in [5.74, 6) is -0.971. The van der Waals surface area contributed by atoms with Crippen LogP contribution in [0.15, 0.2) is 71.6 Å². The number of halogens is 3. The molecule has 2 amide bonds. The van der Waals surface area contributed by atoms with Gasteiger partial charge in [0.1, 0.15) is 12.6 Å². The van der Waals surface area contributed by atoms with Crippen molar-refractivity contribution in [3.8, 4) is 0 Å². The second-order valence-corrected chi connectivity index (χ2v) is 12.1. The molecule has 0 saturated heterocycles. The third-order valence-electron chi connectivity index (χ3n) is 6.05. The Kier molecular flexibility index (Phi) is 10.7. The standard InChI is InChI=1S/C28H30Cl3N3O4S/c1-4-15-32-28(36)20(3)33(17-21-7-5-8-22(29)16-21)26(35)18-34(25-10-6-9-24(30)27(25)31)39(37,38)23-13-11-19(2)12-14-23/h5-14,16,20H,4,15,17-18H2,1-3H3,(H,32,36). The van der Waals surface area contributed by atoms with Crippen LogP contribution in [0.2, 0.25) is 15.1 Å². The zero-order valence-electron chi connectivity index (χ0n) is 21.8. The molecule has 0 aliphatic heterocycles. The first-order valence-electron chi connectivity index (χ1n) is 12.3. The average molecular weight is 611 g/mol. The average Bonchev–Trinajstić information content (AvgIpc) is 2.90. The Morgan fingerprint density at radius 1 is 0.974 bits per heavy atom. The molecule has 3 aromatic rings. The molecule has 0 radical (unpaired) electrons. The molecule has 1 N–H and O–H groups in total. The van der Waals surface area contributed by atoms with Gasteiger partial charge in [-0.25, -0.2) is 8.42 Å². The van der Waals surface area contributed by atoms with E-state index in [-0.39, 0.29) is 33.1 Å². The first-order valence-corrected chi connectivity index (χ1v) is 14.9. The summed E-state index contributed by atoms with van der Waals surface area (Å²) in [6.07, 6.45) is 0.719. The van der Waals surface area contributed by atoms with Gasteiger partial charge >= 0.3 is 0 Å². The van der Waals surface area contributed by atoms with Crippen LogP contribution in [0.3, 0.4) is 0 Å². The van der Waals surface area contributed by atoms with Crippen molar-refractivity contribution in [3.63, 3.8) is 0 Å². The zero-order chi connectivity index (χ0) is 28.7. The van der Waals surface area contributed by atoms with Crippen molar-refractivity contribution in [1.29, 1.82) is 0 Å². The Morgan fingerprint density at radius 2 is 1.64 bits per heavy atom. The molecule has 11 heteroatoms. The summed E-state index contributed by atoms with van der Waals surface area (Å²) in [6, 6.07) is 16.8. The Morgan fingerprint density at radius 3 is 2.28 bits per heavy atom. The smallest absolute Gasteiger partial charge is 0.264 e. The molecule has 0 saturated carbocycles. The number of aryl methyl sites for hydroxylation is 1. The molecule has 3 aromatic carbocycles. The van der Waals surface area contributed by atoms with Crippen molar-refractivity contribution in [3.05, 3.63) is 92.9 Å². The number of amides is 2. The van der Waals surface area contributed by atoms with Gasteiger partial charge in [-0.15, -0.1) is 0 Å². The summed E-state index contributed by atoms with van der Waals surface area (Å²) in [4.78, 5) is 28.1. The Hall–Kier alpha value is -2.78. The zero-order valence-corrected chi connectivity index (χ0v) is 24.9. The van der Waals surface area contributed by atoms with Crippen LogP contribution < -0.4 is 9.62 Å². The molecule has 0 aliphatic carbocycles. The molecule has 0 heterocycles. The number of carbonyl (C=O) groups is 2. The summed E-state index contributed by atoms with van der Waals surface area (Å²) >= 11 is 18.8. The molecule has 208 valence electrons. The highest BCUT2D eigenvalue weighted by Crippen LogP contribution is 2.35. The number of nitrogens with one attached hydrogen (secondary N) is 1. The molecule has 0 aliphatic rings. The quantitative estimate of drug-likeness (QED) is 0.285. The van der Waals surface area contributed by atoms with Crippen molar-refractivity contribution in [2.75, 3.05) is 17.4 Å². The van der Waals surface area contributed by atoms with Crippen LogP contribution in [-0.2, 0) is 26.2 Å². The van der Waals surface area contributed by atoms with Crippen molar-refractivity contribution in [2.24, 2.45) is 0 Å². The summed E-state index contributed by atoms with van der Waals surface area (Å²) in [5.41, 5.74) is 1.60. The Bertz CT molecular complexity index is 1430. The number of hydrogen-bond donors (Lipinski definition) is 1. The first-order chi connectivity index (χ1) is 18.4. The Labute approximate surface area is 244 Å². The summed E-state index contributed by atoms with van der Waals surface area (Å²) < 4.78 is 28.7. The minimum atomic E-state index is -4.26. The van der Waals surface area contributed by atoms with Gasteiger partial charge in [0.2, 0.25) is 11.8 Å². The third kappa shape index (κ3) is 7.66. The molecule has 0 bridgehead atoms. The molecule has 1 unspecified atom stereocenters. The van der Waals surface area contributed by atoms with Crippen LogP contribution in [0.4, 0.5) is 5.69 Å². The highest BCUT2D eigenvalue weighted by molar-refractivity contribution is 7.92. The number of benzene rings is 3. The van der Waals surface area contributed by atoms with Gasteiger partial charge in [0.05, 0.1) is 20.6 Å². The largest absolute Gasteiger partial charge is 0.354 e. The predicted molar refractivity (Wildman–Crippen MR) is 157 cm³/mol. The minimum absolute atomic E-state index is 0.0159. The highest BCUT2D eigenvalue weighted by Gasteiger charge is 2.33. The van der Waals surface area contributed by atoms with Crippen molar-refractivity contribution in [1.82, 2.24) is 10.2 Å². The van der Waals surface area contributed by atoms with Crippen LogP contribution in [0.5, 0.6) is 0 Å². The van der Waals surface area contributed by atoms with Crippen LogP contribution in [-0.4, -0.2) is 44.3 Å². The van der Waals surface area contributed by atoms with Crippen LogP contribution in [0, 0.1) is 6.92 Å². The Balaban J connectivity index is 2.06. The van der Waals surface area contributed by atoms with E-state index in [1.807, 2.05) is 13.8 Å². The normalized spacial score (nSPS) is 12.1. The van der Waals surface area contributed by atoms with Crippen molar-refractivity contribution < 1.29 is 18.0 Å². The second kappa shape index (κ2) is 13.5. The van der Waals surface area contributed by atoms with Gasteiger partial charge < -0.3 is 10.2 Å². The van der Waals surface area contributed by atoms with E-state index in [4.69, 9.17) is 34.8 Å². The third-order valence-corrected chi connectivity index (χ3v) is 8.86. The molecule has 1 atom stereocenters. The minimum Gasteiger partial charge on any atom is -0.354 e. The lowest BCUT2D eigenvalue weighted by Crippen LogP contribution is -2.51. The lowest BCUT2D eigenvalue weighted by molar-refractivity contribution is -0.139. The monoisotopic (exact) mass is 609 g/mol. The first kappa shape index (κ1) is 30.8. The van der Waals surface area contributed by atoms with Crippen LogP contribution in [0.25, 0.3) is 0 Å². The molecule has 0 fully saturated rings. The number of hydrogen-bond acceptors (Lipinski definition) is 4. The number of rotatable bonds is 11. The summed E-state index contributed by atoms with van der Waals surface area (Å²) in [5, 5.41) is 3.39. The second-order valence-electron chi connectivity index (χ2n) is 9.02. The van der Waals surface area contributed by atoms with Gasteiger partial charge in [0, 0.05) is 18.1 Å². The maximum atomic E-state index is 13.9. The highest BCUT2D eigenvalue weighted by atomic mass is 35.5. The van der Waals surface area contributed by atoms with E-state index in [1.165, 1.54) is 29.2 Å². The summed E-state index contributed by atoms with van der Waals surface area (Å²) in [7, 11) is -4.26. The maximum absolute atomic E-state index is 13.9. The summed E-state index contributed by atoms with van der Waals surface area (Å²) in [6.45, 7) is 5.20. The topological polar surface area (TPSA) is 86.8 Å². The fourth-order valence-electron chi connectivity index (χ4n) is 3.85. The van der Waals surface area contributed by atoms with E-state index in [9.17, 15) is 18.0 Å². The lowest BCUT2D eigenvalue weighted by Gasteiger charge is -2.32. The fourth-order valence-corrected chi connectivity index (χ4v) is 5.93. The number of nitrogens with zero attached hydrogens (tertiary/aromatic N) is 2. The van der Waals surface area contributed by atoms with E-state index >= 15 is 0 Å². The van der Waals surface area contributed by atoms with Crippen LogP contribution >= 0.6 is 34.8 Å². The van der Waals surface area contributed by atoms with Gasteiger partial charge in [-0.3, -0.25) is 13.9 Å². The lowest BCUT2D eigenvalue weighted by atomic mass is 10.1. The predicted octanol–water partition coefficient (Wildman–Crippen LogP) is 6.09. The molecule has 0 aromatic heterocycles. The molecule has 39 heavy (non-hydrogen) atoms. The van der Waals surface area contributed by atoms with Crippen LogP contribution in [0.1, 0.15) is 31.4 Å². The molecule has 3 rings (SSSR count). The van der Waals surface area contributed by atoms with E-state index in [2.05, 4.69) is 5.32 Å². The van der Waals surface area contributed by atoms with Gasteiger partial charge in [0.15, 0.2) is 0 Å².